The van der Waals surface area contributed by atoms with Crippen molar-refractivity contribution in [2.24, 2.45) is 5.16 Å². The van der Waals surface area contributed by atoms with Gasteiger partial charge < -0.3 is 10.3 Å². The Morgan fingerprint density at radius 3 is 2.55 bits per heavy atom. The zero-order valence-corrected chi connectivity index (χ0v) is 6.16. The van der Waals surface area contributed by atoms with E-state index < -0.39 is 0 Å². The normalized spacial score (nSPS) is 19.7. The molecule has 60 valence electrons. The fraction of sp³-hybridized carbons (Fsp3) is 0.429. The van der Waals surface area contributed by atoms with Crippen LogP contribution >= 0.6 is 0 Å². The monoisotopic (exact) mass is 155 g/mol. The van der Waals surface area contributed by atoms with E-state index in [0.29, 0.717) is 12.8 Å². The van der Waals surface area contributed by atoms with Gasteiger partial charge in [-0.25, -0.2) is 0 Å². The molecular formula is C7H9NO3. The fourth-order valence-electron chi connectivity index (χ4n) is 1.10. The summed E-state index contributed by atoms with van der Waals surface area (Å²) in [5, 5.41) is 20.3. The van der Waals surface area contributed by atoms with E-state index in [2.05, 4.69) is 5.16 Å². The molecule has 2 N–H and O–H groups in total. The third kappa shape index (κ3) is 1.24. The highest BCUT2D eigenvalue weighted by molar-refractivity contribution is 6.23. The second-order valence-corrected chi connectivity index (χ2v) is 2.43. The predicted octanol–water partition coefficient (Wildman–Crippen LogP) is 1.01. The average Bonchev–Trinajstić information content (AvgIpc) is 2.30. The Hall–Kier alpha value is -1.32. The van der Waals surface area contributed by atoms with Gasteiger partial charge in [0, 0.05) is 12.8 Å². The topological polar surface area (TPSA) is 69.9 Å². The smallest absolute Gasteiger partial charge is 0.168 e. The van der Waals surface area contributed by atoms with Gasteiger partial charge in [-0.15, -0.1) is 0 Å². The maximum atomic E-state index is 11.0. The minimum atomic E-state index is -0.155. The lowest BCUT2D eigenvalue weighted by Crippen LogP contribution is -2.06. The first-order chi connectivity index (χ1) is 5.16. The second kappa shape index (κ2) is 2.74. The Morgan fingerprint density at radius 1 is 1.55 bits per heavy atom. The van der Waals surface area contributed by atoms with Crippen LogP contribution in [0.25, 0.3) is 0 Å². The summed E-state index contributed by atoms with van der Waals surface area (Å²) < 4.78 is 0. The third-order valence-electron chi connectivity index (χ3n) is 1.67. The molecule has 1 aliphatic carbocycles. The van der Waals surface area contributed by atoms with Crippen LogP contribution in [0.5, 0.6) is 0 Å². The number of rotatable bonds is 1. The Kier molecular flexibility index (Phi) is 1.94. The summed E-state index contributed by atoms with van der Waals surface area (Å²) in [5.41, 5.74) is 0.359. The molecule has 1 aliphatic rings. The van der Waals surface area contributed by atoms with E-state index in [0.717, 1.165) is 0 Å². The van der Waals surface area contributed by atoms with E-state index in [1.165, 1.54) is 6.92 Å². The summed E-state index contributed by atoms with van der Waals surface area (Å²) >= 11 is 0. The van der Waals surface area contributed by atoms with Crippen molar-refractivity contribution in [3.05, 3.63) is 11.3 Å². The molecule has 4 nitrogen and oxygen atoms in total. The number of Topliss-reactive ketones (excluding diaryl/α,β-unsaturated/α-hetero) is 1. The summed E-state index contributed by atoms with van der Waals surface area (Å²) in [4.78, 5) is 11.0. The number of nitrogens with zero attached hydrogens (tertiary/aromatic N) is 1. The van der Waals surface area contributed by atoms with Crippen molar-refractivity contribution in [2.75, 3.05) is 0 Å². The van der Waals surface area contributed by atoms with Gasteiger partial charge in [-0.3, -0.25) is 4.79 Å². The lowest BCUT2D eigenvalue weighted by atomic mass is 10.1. The lowest BCUT2D eigenvalue weighted by molar-refractivity contribution is -0.114. The highest BCUT2D eigenvalue weighted by atomic mass is 16.4. The standard InChI is InChI=1S/C7H9NO3/c1-4(8-11)7-5(9)2-3-6(7)10/h9,11H,2-3H2,1H3. The molecule has 0 bridgehead atoms. The molecule has 0 amide bonds. The average molecular weight is 155 g/mol. The molecule has 0 atom stereocenters. The van der Waals surface area contributed by atoms with Gasteiger partial charge in [-0.05, 0) is 6.92 Å². The molecule has 11 heavy (non-hydrogen) atoms. The Labute approximate surface area is 63.8 Å². The SMILES string of the molecule is CC(=NO)C1=C(O)CCC1=O. The number of hydrogen-bond donors (Lipinski definition) is 2. The summed E-state index contributed by atoms with van der Waals surface area (Å²) in [5.74, 6) is -0.122. The molecule has 0 radical (unpaired) electrons. The van der Waals surface area contributed by atoms with Gasteiger partial charge >= 0.3 is 0 Å². The highest BCUT2D eigenvalue weighted by Crippen LogP contribution is 2.21. The third-order valence-corrected chi connectivity index (χ3v) is 1.67. The number of oxime groups is 1. The van der Waals surface area contributed by atoms with Crippen LogP contribution in [0.1, 0.15) is 19.8 Å². The maximum Gasteiger partial charge on any atom is 0.168 e. The Morgan fingerprint density at radius 2 is 2.18 bits per heavy atom. The molecule has 0 aromatic rings. The maximum absolute atomic E-state index is 11.0. The largest absolute Gasteiger partial charge is 0.511 e. The van der Waals surface area contributed by atoms with E-state index in [4.69, 9.17) is 10.3 Å². The van der Waals surface area contributed by atoms with Gasteiger partial charge in [-0.2, -0.15) is 0 Å². The van der Waals surface area contributed by atoms with Gasteiger partial charge in [0.25, 0.3) is 0 Å². The molecule has 0 unspecified atom stereocenters. The van der Waals surface area contributed by atoms with Crippen LogP contribution in [0.15, 0.2) is 16.5 Å². The van der Waals surface area contributed by atoms with E-state index in [1.807, 2.05) is 0 Å². The van der Waals surface area contributed by atoms with Gasteiger partial charge in [-0.1, -0.05) is 5.16 Å². The van der Waals surface area contributed by atoms with Gasteiger partial charge in [0.1, 0.15) is 5.76 Å². The van der Waals surface area contributed by atoms with Crippen LogP contribution in [0.3, 0.4) is 0 Å². The van der Waals surface area contributed by atoms with Crippen molar-refractivity contribution in [1.82, 2.24) is 0 Å². The van der Waals surface area contributed by atoms with Crippen LogP contribution in [0.2, 0.25) is 0 Å². The minimum Gasteiger partial charge on any atom is -0.511 e. The van der Waals surface area contributed by atoms with Crippen LogP contribution in [-0.4, -0.2) is 21.8 Å². The minimum absolute atomic E-state index is 0.0327. The van der Waals surface area contributed by atoms with Crippen molar-refractivity contribution in [3.8, 4) is 0 Å². The molecule has 1 rings (SSSR count). The number of aliphatic hydroxyl groups is 1. The van der Waals surface area contributed by atoms with Crippen LogP contribution in [0, 0.1) is 0 Å². The second-order valence-electron chi connectivity index (χ2n) is 2.43. The van der Waals surface area contributed by atoms with Crippen molar-refractivity contribution in [3.63, 3.8) is 0 Å². The first-order valence-corrected chi connectivity index (χ1v) is 3.31. The summed E-state index contributed by atoms with van der Waals surface area (Å²) in [7, 11) is 0. The van der Waals surface area contributed by atoms with Crippen LogP contribution < -0.4 is 0 Å². The summed E-state index contributed by atoms with van der Waals surface area (Å²) in [6, 6.07) is 0. The zero-order chi connectivity index (χ0) is 8.43. The molecule has 0 aromatic carbocycles. The molecule has 0 aliphatic heterocycles. The molecule has 0 fully saturated rings. The first kappa shape index (κ1) is 7.78. The predicted molar refractivity (Wildman–Crippen MR) is 38.8 cm³/mol. The quantitative estimate of drug-likeness (QED) is 0.337. The van der Waals surface area contributed by atoms with Gasteiger partial charge in [0.15, 0.2) is 5.78 Å². The summed E-state index contributed by atoms with van der Waals surface area (Å²) in [6.07, 6.45) is 0.676. The van der Waals surface area contributed by atoms with Crippen molar-refractivity contribution in [2.45, 2.75) is 19.8 Å². The lowest BCUT2D eigenvalue weighted by Gasteiger charge is -1.96. The molecular weight excluding hydrogens is 146 g/mol. The van der Waals surface area contributed by atoms with Gasteiger partial charge in [0.2, 0.25) is 0 Å². The van der Waals surface area contributed by atoms with E-state index in [-0.39, 0.29) is 22.8 Å². The molecule has 0 saturated carbocycles. The summed E-state index contributed by atoms with van der Waals surface area (Å²) in [6.45, 7) is 1.48. The number of aliphatic hydroxyl groups excluding tert-OH is 1. The Bertz CT molecular complexity index is 252. The molecule has 0 heterocycles. The van der Waals surface area contributed by atoms with E-state index in [9.17, 15) is 4.79 Å². The van der Waals surface area contributed by atoms with Crippen molar-refractivity contribution < 1.29 is 15.1 Å². The zero-order valence-electron chi connectivity index (χ0n) is 6.16. The van der Waals surface area contributed by atoms with Crippen LogP contribution in [-0.2, 0) is 4.79 Å². The first-order valence-electron chi connectivity index (χ1n) is 3.31. The van der Waals surface area contributed by atoms with Gasteiger partial charge in [0.05, 0.1) is 11.3 Å². The molecule has 0 saturated heterocycles. The van der Waals surface area contributed by atoms with Crippen molar-refractivity contribution in [1.29, 1.82) is 0 Å². The molecule has 0 spiro atoms. The number of carbonyl (C=O) groups excluding carboxylic acids is 1. The molecule has 4 heteroatoms. The number of ketones is 1. The number of carbonyl (C=O) groups is 1. The van der Waals surface area contributed by atoms with Crippen molar-refractivity contribution >= 4 is 11.5 Å². The van der Waals surface area contributed by atoms with Crippen LogP contribution in [0.4, 0.5) is 0 Å². The fourth-order valence-corrected chi connectivity index (χ4v) is 1.10. The number of hydrogen-bond acceptors (Lipinski definition) is 4. The Balaban J connectivity index is 3.01. The number of allylic oxidation sites excluding steroid dienone is 2. The highest BCUT2D eigenvalue weighted by Gasteiger charge is 2.24. The van der Waals surface area contributed by atoms with E-state index in [1.54, 1.807) is 0 Å². The van der Waals surface area contributed by atoms with E-state index >= 15 is 0 Å². The molecule has 0 aromatic heterocycles.